The van der Waals surface area contributed by atoms with Crippen molar-refractivity contribution in [1.29, 1.82) is 0 Å². The average Bonchev–Trinajstić information content (AvgIpc) is 3.15. The van der Waals surface area contributed by atoms with Crippen LogP contribution in [0.1, 0.15) is 240 Å². The lowest BCUT2D eigenvalue weighted by molar-refractivity contribution is -0.153. The SMILES string of the molecule is CCCCCCCCCCCCCCCCCCN(CC(COCCCCCCCCCC)OC(C)=O)CC(COCCCCCCCCCC)OC(C)=O. The fourth-order valence-electron chi connectivity index (χ4n) is 7.54. The molecule has 0 aliphatic heterocycles. The van der Waals surface area contributed by atoms with Gasteiger partial charge in [-0.3, -0.25) is 14.5 Å². The van der Waals surface area contributed by atoms with E-state index >= 15 is 0 Å². The van der Waals surface area contributed by atoms with Crippen LogP contribution in [0.15, 0.2) is 0 Å². The van der Waals surface area contributed by atoms with Gasteiger partial charge in [-0.05, 0) is 25.8 Å². The number of esters is 2. The van der Waals surface area contributed by atoms with E-state index in [4.69, 9.17) is 18.9 Å². The molecule has 0 fully saturated rings. The molecule has 0 aromatic carbocycles. The standard InChI is InChI=1S/C48H95NO6/c1-6-9-12-15-18-21-22-23-24-25-26-27-28-29-32-35-38-49(41-47(54-45(4)50)43-52-39-36-33-30-19-16-13-10-7-2)42-48(55-46(5)51)44-53-40-37-34-31-20-17-14-11-8-3/h47-48H,6-44H2,1-5H3. The van der Waals surface area contributed by atoms with Gasteiger partial charge in [0.15, 0.2) is 0 Å². The van der Waals surface area contributed by atoms with Crippen molar-refractivity contribution in [2.45, 2.75) is 252 Å². The summed E-state index contributed by atoms with van der Waals surface area (Å²) in [6.07, 6.45) is 40.9. The zero-order valence-electron chi connectivity index (χ0n) is 37.6. The van der Waals surface area contributed by atoms with Crippen LogP contribution in [0.4, 0.5) is 0 Å². The number of carbonyl (C=O) groups excluding carboxylic acids is 2. The van der Waals surface area contributed by atoms with Crippen LogP contribution in [0.5, 0.6) is 0 Å². The van der Waals surface area contributed by atoms with Crippen LogP contribution in [0.3, 0.4) is 0 Å². The van der Waals surface area contributed by atoms with Crippen LogP contribution >= 0.6 is 0 Å². The highest BCUT2D eigenvalue weighted by Crippen LogP contribution is 2.15. The van der Waals surface area contributed by atoms with Gasteiger partial charge < -0.3 is 18.9 Å². The first-order valence-corrected chi connectivity index (χ1v) is 24.1. The van der Waals surface area contributed by atoms with Crippen LogP contribution in [0.2, 0.25) is 0 Å². The zero-order valence-corrected chi connectivity index (χ0v) is 37.6. The second-order valence-electron chi connectivity index (χ2n) is 16.6. The van der Waals surface area contributed by atoms with E-state index in [9.17, 15) is 9.59 Å². The van der Waals surface area contributed by atoms with Gasteiger partial charge in [0.1, 0.15) is 12.2 Å². The summed E-state index contributed by atoms with van der Waals surface area (Å²) >= 11 is 0. The number of nitrogens with zero attached hydrogens (tertiary/aromatic N) is 1. The van der Waals surface area contributed by atoms with Crippen LogP contribution in [0.25, 0.3) is 0 Å². The molecule has 0 aromatic rings. The second-order valence-corrected chi connectivity index (χ2v) is 16.6. The Morgan fingerprint density at radius 3 is 0.909 bits per heavy atom. The highest BCUT2D eigenvalue weighted by molar-refractivity contribution is 5.66. The van der Waals surface area contributed by atoms with Crippen molar-refractivity contribution in [2.75, 3.05) is 46.1 Å². The molecule has 0 radical (unpaired) electrons. The fourth-order valence-corrected chi connectivity index (χ4v) is 7.54. The second kappa shape index (κ2) is 43.9. The van der Waals surface area contributed by atoms with Crippen molar-refractivity contribution >= 4 is 11.9 Å². The molecule has 7 heteroatoms. The lowest BCUT2D eigenvalue weighted by Gasteiger charge is -2.30. The molecule has 0 aliphatic carbocycles. The highest BCUT2D eigenvalue weighted by Gasteiger charge is 2.22. The lowest BCUT2D eigenvalue weighted by atomic mass is 10.0. The van der Waals surface area contributed by atoms with E-state index in [1.165, 1.54) is 200 Å². The molecule has 2 atom stereocenters. The van der Waals surface area contributed by atoms with E-state index in [1.54, 1.807) is 0 Å². The van der Waals surface area contributed by atoms with Crippen LogP contribution < -0.4 is 0 Å². The minimum atomic E-state index is -0.358. The number of rotatable bonds is 45. The van der Waals surface area contributed by atoms with Gasteiger partial charge in [0, 0.05) is 40.2 Å². The zero-order chi connectivity index (χ0) is 40.3. The molecule has 328 valence electrons. The van der Waals surface area contributed by atoms with Crippen molar-refractivity contribution in [1.82, 2.24) is 4.90 Å². The van der Waals surface area contributed by atoms with E-state index in [-0.39, 0.29) is 24.1 Å². The molecule has 0 aromatic heterocycles. The Hall–Kier alpha value is -1.18. The Morgan fingerprint density at radius 1 is 0.382 bits per heavy atom. The molecule has 0 N–H and O–H groups in total. The molecule has 2 unspecified atom stereocenters. The number of hydrogen-bond acceptors (Lipinski definition) is 7. The van der Waals surface area contributed by atoms with Gasteiger partial charge in [-0.15, -0.1) is 0 Å². The summed E-state index contributed by atoms with van der Waals surface area (Å²) in [4.78, 5) is 26.6. The summed E-state index contributed by atoms with van der Waals surface area (Å²) in [6, 6.07) is 0. The summed E-state index contributed by atoms with van der Waals surface area (Å²) < 4.78 is 23.7. The maximum Gasteiger partial charge on any atom is 0.303 e. The first kappa shape index (κ1) is 53.8. The molecular weight excluding hydrogens is 687 g/mol. The van der Waals surface area contributed by atoms with Crippen molar-refractivity contribution in [3.8, 4) is 0 Å². The first-order valence-electron chi connectivity index (χ1n) is 24.1. The van der Waals surface area contributed by atoms with Gasteiger partial charge >= 0.3 is 11.9 Å². The maximum absolute atomic E-state index is 12.1. The summed E-state index contributed by atoms with van der Waals surface area (Å²) in [5.41, 5.74) is 0. The molecular formula is C48H95NO6. The molecule has 0 heterocycles. The summed E-state index contributed by atoms with van der Waals surface area (Å²) in [5, 5.41) is 0. The molecule has 0 spiro atoms. The number of hydrogen-bond donors (Lipinski definition) is 0. The number of carbonyl (C=O) groups is 2. The Labute approximate surface area is 342 Å². The Balaban J connectivity index is 4.83. The van der Waals surface area contributed by atoms with E-state index in [0.29, 0.717) is 39.5 Å². The molecule has 0 bridgehead atoms. The van der Waals surface area contributed by atoms with Gasteiger partial charge in [0.2, 0.25) is 0 Å². The normalized spacial score (nSPS) is 12.7. The summed E-state index contributed by atoms with van der Waals surface area (Å²) in [7, 11) is 0. The van der Waals surface area contributed by atoms with E-state index in [2.05, 4.69) is 25.7 Å². The largest absolute Gasteiger partial charge is 0.459 e. The van der Waals surface area contributed by atoms with Crippen molar-refractivity contribution in [3.63, 3.8) is 0 Å². The molecule has 55 heavy (non-hydrogen) atoms. The third-order valence-corrected chi connectivity index (χ3v) is 10.8. The van der Waals surface area contributed by atoms with Crippen LogP contribution in [-0.2, 0) is 28.5 Å². The van der Waals surface area contributed by atoms with Gasteiger partial charge in [-0.2, -0.15) is 0 Å². The Kier molecular flexibility index (Phi) is 43.0. The molecule has 7 nitrogen and oxygen atoms in total. The monoisotopic (exact) mass is 782 g/mol. The third-order valence-electron chi connectivity index (χ3n) is 10.8. The Morgan fingerprint density at radius 2 is 0.636 bits per heavy atom. The molecule has 0 amide bonds. The molecule has 0 aliphatic rings. The lowest BCUT2D eigenvalue weighted by Crippen LogP contribution is -2.44. The number of ether oxygens (including phenoxy) is 4. The van der Waals surface area contributed by atoms with E-state index < -0.39 is 0 Å². The predicted molar refractivity (Wildman–Crippen MR) is 234 cm³/mol. The van der Waals surface area contributed by atoms with Crippen molar-refractivity contribution in [2.24, 2.45) is 0 Å². The number of unbranched alkanes of at least 4 members (excludes halogenated alkanes) is 29. The maximum atomic E-state index is 12.1. The highest BCUT2D eigenvalue weighted by atomic mass is 16.6. The van der Waals surface area contributed by atoms with Crippen LogP contribution in [-0.4, -0.2) is 75.1 Å². The predicted octanol–water partition coefficient (Wildman–Crippen LogP) is 13.7. The molecule has 0 saturated carbocycles. The first-order chi connectivity index (χ1) is 26.9. The van der Waals surface area contributed by atoms with Crippen LogP contribution in [0, 0.1) is 0 Å². The minimum absolute atomic E-state index is 0.284. The van der Waals surface area contributed by atoms with Gasteiger partial charge in [-0.1, -0.05) is 207 Å². The fraction of sp³-hybridized carbons (Fsp3) is 0.958. The third kappa shape index (κ3) is 42.3. The molecule has 0 saturated heterocycles. The quantitative estimate of drug-likeness (QED) is 0.0450. The topological polar surface area (TPSA) is 74.3 Å². The van der Waals surface area contributed by atoms with Crippen molar-refractivity contribution < 1.29 is 28.5 Å². The van der Waals surface area contributed by atoms with Gasteiger partial charge in [0.05, 0.1) is 13.2 Å². The minimum Gasteiger partial charge on any atom is -0.459 e. The smallest absolute Gasteiger partial charge is 0.303 e. The van der Waals surface area contributed by atoms with Gasteiger partial charge in [-0.25, -0.2) is 0 Å². The van der Waals surface area contributed by atoms with E-state index in [0.717, 1.165) is 25.8 Å². The van der Waals surface area contributed by atoms with E-state index in [1.807, 2.05) is 0 Å². The average molecular weight is 782 g/mol. The van der Waals surface area contributed by atoms with Gasteiger partial charge in [0.25, 0.3) is 0 Å². The Bertz CT molecular complexity index is 748. The summed E-state index contributed by atoms with van der Waals surface area (Å²) in [5.74, 6) is -0.568. The van der Waals surface area contributed by atoms with Crippen molar-refractivity contribution in [3.05, 3.63) is 0 Å². The molecule has 0 rings (SSSR count). The summed E-state index contributed by atoms with van der Waals surface area (Å²) in [6.45, 7) is 13.9.